The Kier molecular flexibility index (Phi) is 2.61. The maximum absolute atomic E-state index is 13.1. The number of piperidine rings is 1. The van der Waals surface area contributed by atoms with Crippen LogP contribution in [0.3, 0.4) is 0 Å². The number of hydrogen-bond acceptors (Lipinski definition) is 4. The second-order valence-electron chi connectivity index (χ2n) is 4.88. The van der Waals surface area contributed by atoms with Gasteiger partial charge in [-0.05, 0) is 25.0 Å². The normalized spacial score (nSPS) is 36.8. The first kappa shape index (κ1) is 11.1. The van der Waals surface area contributed by atoms with Gasteiger partial charge in [0.25, 0.3) is 0 Å². The molecule has 2 saturated heterocycles. The van der Waals surface area contributed by atoms with E-state index in [9.17, 15) is 9.50 Å². The van der Waals surface area contributed by atoms with Crippen LogP contribution in [-0.4, -0.2) is 35.4 Å². The molecule has 0 saturated carbocycles. The lowest BCUT2D eigenvalue weighted by molar-refractivity contribution is -0.0826. The average molecular weight is 238 g/mol. The molecule has 17 heavy (non-hydrogen) atoms. The molecule has 3 heterocycles. The number of rotatable bonds is 1. The first-order chi connectivity index (χ1) is 8.16. The third kappa shape index (κ3) is 2.06. The summed E-state index contributed by atoms with van der Waals surface area (Å²) in [5.74, 6) is -0.545. The zero-order chi connectivity index (χ0) is 11.9. The number of aromatic nitrogens is 1. The molecule has 0 radical (unpaired) electrons. The lowest BCUT2D eigenvalue weighted by Gasteiger charge is -2.44. The van der Waals surface area contributed by atoms with Crippen molar-refractivity contribution in [1.29, 1.82) is 0 Å². The van der Waals surface area contributed by atoms with Gasteiger partial charge in [0.2, 0.25) is 5.95 Å². The molecular weight excluding hydrogens is 223 g/mol. The SMILES string of the molecule is OC1(c2cccc(F)n2)CC2COCC(C1)N2. The van der Waals surface area contributed by atoms with Crippen molar-refractivity contribution in [3.8, 4) is 0 Å². The van der Waals surface area contributed by atoms with Gasteiger partial charge in [0.1, 0.15) is 5.60 Å². The van der Waals surface area contributed by atoms with E-state index in [1.807, 2.05) is 0 Å². The maximum atomic E-state index is 13.1. The van der Waals surface area contributed by atoms with E-state index in [4.69, 9.17) is 4.74 Å². The van der Waals surface area contributed by atoms with E-state index in [-0.39, 0.29) is 12.1 Å². The van der Waals surface area contributed by atoms with Gasteiger partial charge >= 0.3 is 0 Å². The molecule has 0 amide bonds. The number of aliphatic hydroxyl groups is 1. The van der Waals surface area contributed by atoms with Gasteiger partial charge in [0.15, 0.2) is 0 Å². The molecule has 4 nitrogen and oxygen atoms in total. The molecular formula is C12H15FN2O2. The second kappa shape index (κ2) is 4.01. The van der Waals surface area contributed by atoms with Crippen LogP contribution in [0.15, 0.2) is 18.2 Å². The summed E-state index contributed by atoms with van der Waals surface area (Å²) < 4.78 is 18.5. The van der Waals surface area contributed by atoms with Crippen molar-refractivity contribution in [3.63, 3.8) is 0 Å². The molecule has 0 aliphatic carbocycles. The summed E-state index contributed by atoms with van der Waals surface area (Å²) in [5, 5.41) is 14.0. The highest BCUT2D eigenvalue weighted by molar-refractivity contribution is 5.17. The highest BCUT2D eigenvalue weighted by Crippen LogP contribution is 2.35. The number of nitrogens with zero attached hydrogens (tertiary/aromatic N) is 1. The van der Waals surface area contributed by atoms with Gasteiger partial charge in [-0.25, -0.2) is 4.98 Å². The van der Waals surface area contributed by atoms with Crippen molar-refractivity contribution in [2.45, 2.75) is 30.5 Å². The predicted octanol–water partition coefficient (Wildman–Crippen LogP) is 0.559. The molecule has 2 unspecified atom stereocenters. The Morgan fingerprint density at radius 3 is 2.71 bits per heavy atom. The van der Waals surface area contributed by atoms with Crippen LogP contribution in [0.4, 0.5) is 4.39 Å². The molecule has 0 aromatic carbocycles. The Bertz CT molecular complexity index is 415. The molecule has 2 fully saturated rings. The van der Waals surface area contributed by atoms with Crippen LogP contribution in [0, 0.1) is 5.95 Å². The zero-order valence-corrected chi connectivity index (χ0v) is 9.40. The van der Waals surface area contributed by atoms with Crippen LogP contribution >= 0.6 is 0 Å². The van der Waals surface area contributed by atoms with Gasteiger partial charge in [0, 0.05) is 12.1 Å². The smallest absolute Gasteiger partial charge is 0.213 e. The number of pyridine rings is 1. The maximum Gasteiger partial charge on any atom is 0.213 e. The number of halogens is 1. The summed E-state index contributed by atoms with van der Waals surface area (Å²) in [7, 11) is 0. The van der Waals surface area contributed by atoms with Crippen LogP contribution in [0.2, 0.25) is 0 Å². The van der Waals surface area contributed by atoms with Gasteiger partial charge in [-0.3, -0.25) is 0 Å². The fourth-order valence-electron chi connectivity index (χ4n) is 2.79. The Balaban J connectivity index is 1.90. The summed E-state index contributed by atoms with van der Waals surface area (Å²) in [6, 6.07) is 4.81. The number of hydrogen-bond donors (Lipinski definition) is 2. The van der Waals surface area contributed by atoms with Gasteiger partial charge < -0.3 is 15.2 Å². The first-order valence-corrected chi connectivity index (χ1v) is 5.85. The van der Waals surface area contributed by atoms with Gasteiger partial charge in [-0.15, -0.1) is 0 Å². The fourth-order valence-corrected chi connectivity index (χ4v) is 2.79. The summed E-state index contributed by atoms with van der Waals surface area (Å²) in [5.41, 5.74) is -0.608. The Morgan fingerprint density at radius 2 is 2.06 bits per heavy atom. The van der Waals surface area contributed by atoms with Crippen LogP contribution in [-0.2, 0) is 10.3 Å². The lowest BCUT2D eigenvalue weighted by Crippen LogP contribution is -2.58. The topological polar surface area (TPSA) is 54.4 Å². The quantitative estimate of drug-likeness (QED) is 0.702. The van der Waals surface area contributed by atoms with Crippen molar-refractivity contribution in [3.05, 3.63) is 29.8 Å². The van der Waals surface area contributed by atoms with Crippen LogP contribution in [0.5, 0.6) is 0 Å². The van der Waals surface area contributed by atoms with E-state index in [1.165, 1.54) is 6.07 Å². The Hall–Kier alpha value is -1.04. The van der Waals surface area contributed by atoms with Crippen molar-refractivity contribution in [2.75, 3.05) is 13.2 Å². The van der Waals surface area contributed by atoms with E-state index in [2.05, 4.69) is 10.3 Å². The summed E-state index contributed by atoms with van der Waals surface area (Å²) in [6.07, 6.45) is 1.03. The standard InChI is InChI=1S/C12H15FN2O2/c13-11-3-1-2-10(15-11)12(16)4-8-6-17-7-9(5-12)14-8/h1-3,8-9,14,16H,4-7H2. The monoisotopic (exact) mass is 238 g/mol. The molecule has 0 spiro atoms. The molecule has 1 aromatic heterocycles. The molecule has 5 heteroatoms. The summed E-state index contributed by atoms with van der Waals surface area (Å²) in [4.78, 5) is 3.81. The highest BCUT2D eigenvalue weighted by atomic mass is 19.1. The van der Waals surface area contributed by atoms with Crippen LogP contribution < -0.4 is 5.32 Å². The summed E-state index contributed by atoms with van der Waals surface area (Å²) >= 11 is 0. The fraction of sp³-hybridized carbons (Fsp3) is 0.583. The minimum atomic E-state index is -1.04. The highest BCUT2D eigenvalue weighted by Gasteiger charge is 2.43. The van der Waals surface area contributed by atoms with Crippen molar-refractivity contribution in [2.24, 2.45) is 0 Å². The summed E-state index contributed by atoms with van der Waals surface area (Å²) in [6.45, 7) is 1.18. The van der Waals surface area contributed by atoms with E-state index in [0.717, 1.165) is 0 Å². The van der Waals surface area contributed by atoms with Crippen molar-refractivity contribution < 1.29 is 14.2 Å². The average Bonchev–Trinajstić information content (AvgIpc) is 2.28. The molecule has 3 rings (SSSR count). The van der Waals surface area contributed by atoms with E-state index >= 15 is 0 Å². The van der Waals surface area contributed by atoms with Crippen molar-refractivity contribution in [1.82, 2.24) is 10.3 Å². The van der Waals surface area contributed by atoms with E-state index < -0.39 is 11.5 Å². The van der Waals surface area contributed by atoms with E-state index in [1.54, 1.807) is 12.1 Å². The zero-order valence-electron chi connectivity index (χ0n) is 9.40. The third-order valence-electron chi connectivity index (χ3n) is 3.47. The predicted molar refractivity (Wildman–Crippen MR) is 58.9 cm³/mol. The van der Waals surface area contributed by atoms with Gasteiger partial charge in [-0.1, -0.05) is 6.07 Å². The largest absolute Gasteiger partial charge is 0.383 e. The molecule has 2 N–H and O–H groups in total. The Labute approximate surface area is 98.8 Å². The number of ether oxygens (including phenoxy) is 1. The van der Waals surface area contributed by atoms with Crippen LogP contribution in [0.1, 0.15) is 18.5 Å². The van der Waals surface area contributed by atoms with E-state index in [0.29, 0.717) is 31.7 Å². The molecule has 2 aliphatic heterocycles. The Morgan fingerprint density at radius 1 is 1.35 bits per heavy atom. The lowest BCUT2D eigenvalue weighted by atomic mass is 9.80. The molecule has 1 aromatic rings. The molecule has 2 bridgehead atoms. The number of fused-ring (bicyclic) bond motifs is 2. The molecule has 92 valence electrons. The first-order valence-electron chi connectivity index (χ1n) is 5.85. The number of nitrogens with one attached hydrogen (secondary N) is 1. The third-order valence-corrected chi connectivity index (χ3v) is 3.47. The minimum absolute atomic E-state index is 0.123. The minimum Gasteiger partial charge on any atom is -0.383 e. The number of morpholine rings is 1. The van der Waals surface area contributed by atoms with Crippen LogP contribution in [0.25, 0.3) is 0 Å². The van der Waals surface area contributed by atoms with Gasteiger partial charge in [-0.2, -0.15) is 4.39 Å². The van der Waals surface area contributed by atoms with Gasteiger partial charge in [0.05, 0.1) is 18.9 Å². The molecule has 2 atom stereocenters. The second-order valence-corrected chi connectivity index (χ2v) is 4.88. The van der Waals surface area contributed by atoms with Crippen molar-refractivity contribution >= 4 is 0 Å². The molecule has 2 aliphatic rings.